The summed E-state index contributed by atoms with van der Waals surface area (Å²) >= 11 is 0. The van der Waals surface area contributed by atoms with Crippen molar-refractivity contribution in [3.05, 3.63) is 36.2 Å². The molecule has 0 amide bonds. The molecule has 5 rings (SSSR count). The zero-order valence-corrected chi connectivity index (χ0v) is 18.0. The molecular formula is C18H18N5O2SY-. The molecule has 137 valence electrons. The first kappa shape index (κ1) is 16.5. The number of hydrogen-bond acceptors (Lipinski definition) is 6. The van der Waals surface area contributed by atoms with Crippen molar-refractivity contribution in [1.29, 1.82) is 5.26 Å². The van der Waals surface area contributed by atoms with Crippen molar-refractivity contribution in [2.75, 3.05) is 5.73 Å². The molecule has 3 aliphatic rings. The Labute approximate surface area is 187 Å². The van der Waals surface area contributed by atoms with Gasteiger partial charge in [-0.15, -0.1) is 6.20 Å². The molecule has 0 spiro atoms. The Morgan fingerprint density at radius 1 is 1.41 bits per heavy atom. The van der Waals surface area contributed by atoms with Crippen LogP contribution in [0.3, 0.4) is 0 Å². The maximum atomic E-state index is 13.0. The molecule has 1 radical (unpaired) electrons. The fourth-order valence-corrected chi connectivity index (χ4v) is 5.47. The van der Waals surface area contributed by atoms with Crippen LogP contribution in [0, 0.1) is 29.8 Å². The zero-order chi connectivity index (χ0) is 21.1. The first-order chi connectivity index (χ1) is 13.5. The Kier molecular flexibility index (Phi) is 4.22. The summed E-state index contributed by atoms with van der Waals surface area (Å²) in [7, 11) is -3.93. The van der Waals surface area contributed by atoms with E-state index >= 15 is 0 Å². The minimum atomic E-state index is -3.93. The van der Waals surface area contributed by atoms with E-state index < -0.39 is 27.8 Å². The standard InChI is InChI=1S/C18H18N5O2S.Y/c1-12-2-3-13(6-14(12)15-7-22-16(20)8-21-15)26(24,25)23-18-5-4-17(9-18,10-18)11-19;/h2-3,6-7,23H,4-5,9-10H2,1H3,(H2,20,22);/q-1;/i1D3;. The fourth-order valence-electron chi connectivity index (χ4n) is 4.02. The Balaban J connectivity index is 0.00000256. The first-order valence-electron chi connectivity index (χ1n) is 9.58. The number of nitrogens with zero attached hydrogens (tertiary/aromatic N) is 3. The number of aromatic nitrogens is 2. The van der Waals surface area contributed by atoms with Crippen LogP contribution in [0.4, 0.5) is 5.82 Å². The summed E-state index contributed by atoms with van der Waals surface area (Å²) in [6, 6.07) is 6.10. The van der Waals surface area contributed by atoms with Crippen LogP contribution in [-0.4, -0.2) is 23.9 Å². The van der Waals surface area contributed by atoms with Crippen molar-refractivity contribution in [2.45, 2.75) is 43.0 Å². The van der Waals surface area contributed by atoms with Crippen molar-refractivity contribution >= 4 is 15.8 Å². The number of rotatable bonds is 4. The fraction of sp³-hybridized carbons (Fsp3) is 0.389. The number of benzene rings is 1. The second-order valence-corrected chi connectivity index (χ2v) is 8.77. The van der Waals surface area contributed by atoms with E-state index in [0.29, 0.717) is 25.7 Å². The van der Waals surface area contributed by atoms with Gasteiger partial charge in [-0.1, -0.05) is 29.0 Å². The maximum absolute atomic E-state index is 13.0. The van der Waals surface area contributed by atoms with Gasteiger partial charge in [0.25, 0.3) is 0 Å². The van der Waals surface area contributed by atoms with Crippen LogP contribution in [0.2, 0.25) is 0 Å². The summed E-state index contributed by atoms with van der Waals surface area (Å²) in [6.07, 6.45) is 6.01. The Morgan fingerprint density at radius 2 is 2.19 bits per heavy atom. The third-order valence-corrected chi connectivity index (χ3v) is 6.79. The third-order valence-electron chi connectivity index (χ3n) is 5.22. The molecule has 1 aromatic heterocycles. The van der Waals surface area contributed by atoms with Crippen molar-refractivity contribution in [3.63, 3.8) is 0 Å². The number of nitrogens with two attached hydrogens (primary N) is 1. The first-order valence-corrected chi connectivity index (χ1v) is 9.56. The molecule has 0 aliphatic heterocycles. The SMILES string of the molecule is [2H]C([2H])([2H])c1ccc(S(=O)(=O)NC23CCC(C#N)(C2)C3)cc1-c1cnc(N)[c-]n1.[Y]. The van der Waals surface area contributed by atoms with E-state index in [-0.39, 0.29) is 60.2 Å². The van der Waals surface area contributed by atoms with E-state index in [1.807, 2.05) is 0 Å². The van der Waals surface area contributed by atoms with Crippen LogP contribution < -0.4 is 10.5 Å². The average molecular weight is 460 g/mol. The summed E-state index contributed by atoms with van der Waals surface area (Å²) in [4.78, 5) is 7.77. The quantitative estimate of drug-likeness (QED) is 0.673. The monoisotopic (exact) mass is 460 g/mol. The molecule has 2 bridgehead atoms. The van der Waals surface area contributed by atoms with E-state index in [2.05, 4.69) is 27.0 Å². The largest absolute Gasteiger partial charge is 0.446 e. The van der Waals surface area contributed by atoms with Gasteiger partial charge < -0.3 is 10.7 Å². The summed E-state index contributed by atoms with van der Waals surface area (Å²) in [6.45, 7) is -2.47. The van der Waals surface area contributed by atoms with Crippen LogP contribution in [0.15, 0.2) is 29.3 Å². The molecule has 7 nitrogen and oxygen atoms in total. The van der Waals surface area contributed by atoms with E-state index in [1.54, 1.807) is 0 Å². The van der Waals surface area contributed by atoms with Gasteiger partial charge in [-0.2, -0.15) is 5.26 Å². The molecule has 3 saturated carbocycles. The molecule has 3 N–H and O–H groups in total. The maximum Gasteiger partial charge on any atom is 0.241 e. The Bertz CT molecular complexity index is 1120. The van der Waals surface area contributed by atoms with Gasteiger partial charge >= 0.3 is 0 Å². The topological polar surface area (TPSA) is 122 Å². The predicted molar refractivity (Wildman–Crippen MR) is 95.0 cm³/mol. The zero-order valence-electron chi connectivity index (χ0n) is 17.4. The van der Waals surface area contributed by atoms with Gasteiger partial charge in [0.05, 0.1) is 16.4 Å². The van der Waals surface area contributed by atoms with Crippen LogP contribution >= 0.6 is 0 Å². The van der Waals surface area contributed by atoms with E-state index in [1.165, 1.54) is 24.4 Å². The number of aryl methyl sites for hydroxylation is 1. The summed E-state index contributed by atoms with van der Waals surface area (Å²) in [5.41, 5.74) is 4.70. The molecule has 0 unspecified atom stereocenters. The number of nitrogen functional groups attached to an aromatic ring is 1. The second-order valence-electron chi connectivity index (χ2n) is 7.09. The molecule has 3 fully saturated rings. The Morgan fingerprint density at radius 3 is 2.78 bits per heavy atom. The van der Waals surface area contributed by atoms with Gasteiger partial charge in [0, 0.05) is 48.2 Å². The van der Waals surface area contributed by atoms with Crippen molar-refractivity contribution in [2.24, 2.45) is 5.41 Å². The van der Waals surface area contributed by atoms with Gasteiger partial charge in [0.15, 0.2) is 0 Å². The Hall–Kier alpha value is -1.40. The molecule has 0 atom stereocenters. The normalized spacial score (nSPS) is 28.0. The second kappa shape index (κ2) is 6.89. The van der Waals surface area contributed by atoms with Crippen LogP contribution in [-0.2, 0) is 42.7 Å². The van der Waals surface area contributed by atoms with Gasteiger partial charge in [-0.3, -0.25) is 4.98 Å². The van der Waals surface area contributed by atoms with Crippen LogP contribution in [0.5, 0.6) is 0 Å². The predicted octanol–water partition coefficient (Wildman–Crippen LogP) is 1.95. The minimum absolute atomic E-state index is 0. The summed E-state index contributed by atoms with van der Waals surface area (Å²) < 4.78 is 52.0. The number of nitriles is 1. The van der Waals surface area contributed by atoms with E-state index in [4.69, 9.17) is 9.85 Å². The smallest absolute Gasteiger partial charge is 0.241 e. The average Bonchev–Trinajstić information content (AvgIpc) is 3.16. The van der Waals surface area contributed by atoms with Crippen molar-refractivity contribution < 1.29 is 45.2 Å². The van der Waals surface area contributed by atoms with Crippen molar-refractivity contribution in [3.8, 4) is 17.3 Å². The van der Waals surface area contributed by atoms with E-state index in [0.717, 1.165) is 0 Å². The molecular weight excluding hydrogens is 439 g/mol. The number of anilines is 1. The van der Waals surface area contributed by atoms with E-state index in [9.17, 15) is 13.7 Å². The van der Waals surface area contributed by atoms with Gasteiger partial charge in [-0.05, 0) is 44.8 Å². The van der Waals surface area contributed by atoms with Crippen LogP contribution in [0.25, 0.3) is 11.3 Å². The third kappa shape index (κ3) is 3.54. The molecule has 2 aromatic rings. The molecule has 1 heterocycles. The number of sulfonamides is 1. The number of nitrogens with one attached hydrogen (secondary N) is 1. The molecule has 27 heavy (non-hydrogen) atoms. The number of fused-ring (bicyclic) bond motifs is 1. The molecule has 3 aliphatic carbocycles. The van der Waals surface area contributed by atoms with Gasteiger partial charge in [-0.25, -0.2) is 13.1 Å². The van der Waals surface area contributed by atoms with Gasteiger partial charge in [0.2, 0.25) is 10.0 Å². The summed E-state index contributed by atoms with van der Waals surface area (Å²) in [5.74, 6) is 0.0425. The van der Waals surface area contributed by atoms with Gasteiger partial charge in [0.1, 0.15) is 0 Å². The van der Waals surface area contributed by atoms with Crippen LogP contribution in [0.1, 0.15) is 35.4 Å². The molecule has 1 aromatic carbocycles. The number of hydrogen-bond donors (Lipinski definition) is 2. The minimum Gasteiger partial charge on any atom is -0.446 e. The molecule has 0 saturated heterocycles. The van der Waals surface area contributed by atoms with Crippen molar-refractivity contribution in [1.82, 2.24) is 14.7 Å². The molecule has 9 heteroatoms. The summed E-state index contributed by atoms with van der Waals surface area (Å²) in [5, 5.41) is 9.28.